The monoisotopic (exact) mass is 288 g/mol. The summed E-state index contributed by atoms with van der Waals surface area (Å²) in [4.78, 5) is 12.5. The summed E-state index contributed by atoms with van der Waals surface area (Å²) in [7, 11) is 0. The van der Waals surface area contributed by atoms with Gasteiger partial charge in [0.15, 0.2) is 0 Å². The molecule has 5 heteroatoms. The van der Waals surface area contributed by atoms with Crippen LogP contribution >= 0.6 is 0 Å². The van der Waals surface area contributed by atoms with E-state index in [1.54, 1.807) is 0 Å². The van der Waals surface area contributed by atoms with Crippen LogP contribution in [0.3, 0.4) is 0 Å². The van der Waals surface area contributed by atoms with Gasteiger partial charge in [-0.05, 0) is 31.1 Å². The number of hydrogen-bond acceptors (Lipinski definition) is 3. The molecule has 5 nitrogen and oxygen atoms in total. The highest BCUT2D eigenvalue weighted by Crippen LogP contribution is 2.28. The molecule has 0 spiro atoms. The molecule has 2 aromatic heterocycles. The fraction of sp³-hybridized carbons (Fsp3) is 0.688. The molecule has 21 heavy (non-hydrogen) atoms. The van der Waals surface area contributed by atoms with E-state index in [4.69, 9.17) is 0 Å². The van der Waals surface area contributed by atoms with Gasteiger partial charge in [0.05, 0.1) is 0 Å². The quantitative estimate of drug-likeness (QED) is 0.869. The second kappa shape index (κ2) is 6.00. The van der Waals surface area contributed by atoms with Crippen LogP contribution in [0.1, 0.15) is 51.8 Å². The average molecular weight is 288 g/mol. The maximum atomic E-state index is 12.5. The molecule has 0 atom stereocenters. The molecule has 0 aromatic carbocycles. The molecule has 2 aromatic rings. The molecule has 0 unspecified atom stereocenters. The summed E-state index contributed by atoms with van der Waals surface area (Å²) < 4.78 is 3.66. The van der Waals surface area contributed by atoms with Gasteiger partial charge in [-0.15, -0.1) is 10.2 Å². The second-order valence-corrected chi connectivity index (χ2v) is 6.44. The molecule has 114 valence electrons. The molecule has 1 aliphatic rings. The Morgan fingerprint density at radius 2 is 1.95 bits per heavy atom. The van der Waals surface area contributed by atoms with Crippen molar-refractivity contribution < 1.29 is 0 Å². The van der Waals surface area contributed by atoms with Crippen LogP contribution in [0.25, 0.3) is 5.65 Å². The van der Waals surface area contributed by atoms with Gasteiger partial charge in [0.1, 0.15) is 5.82 Å². The highest BCUT2D eigenvalue weighted by molar-refractivity contribution is 5.34. The van der Waals surface area contributed by atoms with Crippen molar-refractivity contribution in [1.29, 1.82) is 0 Å². The third-order valence-electron chi connectivity index (χ3n) is 4.68. The summed E-state index contributed by atoms with van der Waals surface area (Å²) in [6.07, 6.45) is 10.7. The van der Waals surface area contributed by atoms with E-state index < -0.39 is 0 Å². The predicted molar refractivity (Wildman–Crippen MR) is 82.4 cm³/mol. The van der Waals surface area contributed by atoms with Crippen molar-refractivity contribution in [1.82, 2.24) is 19.2 Å². The predicted octanol–water partition coefficient (Wildman–Crippen LogP) is 2.67. The minimum absolute atomic E-state index is 0.00836. The maximum absolute atomic E-state index is 12.5. The van der Waals surface area contributed by atoms with E-state index in [1.165, 1.54) is 25.7 Å². The molecular weight excluding hydrogens is 264 g/mol. The summed E-state index contributed by atoms with van der Waals surface area (Å²) >= 11 is 0. The van der Waals surface area contributed by atoms with Crippen molar-refractivity contribution in [2.24, 2.45) is 11.8 Å². The topological polar surface area (TPSA) is 52.2 Å². The molecule has 2 heterocycles. The zero-order valence-electron chi connectivity index (χ0n) is 13.0. The van der Waals surface area contributed by atoms with Crippen molar-refractivity contribution >= 4 is 5.65 Å². The van der Waals surface area contributed by atoms with Crippen molar-refractivity contribution in [3.05, 3.63) is 28.6 Å². The van der Waals surface area contributed by atoms with Crippen LogP contribution in [-0.4, -0.2) is 19.2 Å². The molecule has 0 N–H and O–H groups in total. The lowest BCUT2D eigenvalue weighted by molar-refractivity contribution is 0.263. The van der Waals surface area contributed by atoms with Crippen LogP contribution in [0.2, 0.25) is 0 Å². The summed E-state index contributed by atoms with van der Waals surface area (Å²) in [5.41, 5.74) is 0.455. The molecule has 0 amide bonds. The van der Waals surface area contributed by atoms with Crippen LogP contribution in [0, 0.1) is 11.8 Å². The van der Waals surface area contributed by atoms with Gasteiger partial charge in [-0.3, -0.25) is 9.20 Å². The van der Waals surface area contributed by atoms with E-state index >= 15 is 0 Å². The van der Waals surface area contributed by atoms with E-state index in [1.807, 2.05) is 21.4 Å². The highest BCUT2D eigenvalue weighted by atomic mass is 16.1. The summed E-state index contributed by atoms with van der Waals surface area (Å²) in [6.45, 7) is 5.24. The van der Waals surface area contributed by atoms with Crippen molar-refractivity contribution in [3.63, 3.8) is 0 Å². The Bertz CT molecular complexity index is 664. The van der Waals surface area contributed by atoms with Gasteiger partial charge in [-0.25, -0.2) is 0 Å². The minimum atomic E-state index is -0.00836. The van der Waals surface area contributed by atoms with Crippen LogP contribution in [-0.2, 0) is 13.0 Å². The molecule has 0 radical (unpaired) electrons. The molecule has 1 fully saturated rings. The van der Waals surface area contributed by atoms with Crippen molar-refractivity contribution in [3.8, 4) is 0 Å². The largest absolute Gasteiger partial charge is 0.311 e. The molecule has 0 aliphatic heterocycles. The van der Waals surface area contributed by atoms with Crippen molar-refractivity contribution in [2.45, 2.75) is 58.9 Å². The average Bonchev–Trinajstić information content (AvgIpc) is 2.89. The Kier molecular flexibility index (Phi) is 4.08. The standard InChI is InChI=1S/C16H24N4O/c1-3-4-14-17-18-15-16(21)19(9-10-20(14)15)11-13-7-5-12(2)6-8-13/h9-10,12-13H,3-8,11H2,1-2H3/t12-,13+. The number of aryl methyl sites for hydroxylation is 1. The first-order valence-electron chi connectivity index (χ1n) is 8.12. The zero-order valence-corrected chi connectivity index (χ0v) is 13.0. The normalized spacial score (nSPS) is 22.8. The van der Waals surface area contributed by atoms with Gasteiger partial charge < -0.3 is 4.57 Å². The Labute approximate surface area is 125 Å². The lowest BCUT2D eigenvalue weighted by Gasteiger charge is -2.26. The number of aromatic nitrogens is 4. The third kappa shape index (κ3) is 2.87. The van der Waals surface area contributed by atoms with Crippen LogP contribution in [0.15, 0.2) is 17.2 Å². The van der Waals surface area contributed by atoms with Gasteiger partial charge in [0.2, 0.25) is 5.65 Å². The van der Waals surface area contributed by atoms with E-state index in [9.17, 15) is 4.79 Å². The zero-order chi connectivity index (χ0) is 14.8. The van der Waals surface area contributed by atoms with E-state index in [0.29, 0.717) is 11.6 Å². The number of fused-ring (bicyclic) bond motifs is 1. The Morgan fingerprint density at radius 1 is 1.19 bits per heavy atom. The molecule has 0 bridgehead atoms. The molecule has 0 saturated heterocycles. The Hall–Kier alpha value is -1.65. The molecule has 1 saturated carbocycles. The third-order valence-corrected chi connectivity index (χ3v) is 4.68. The fourth-order valence-corrected chi connectivity index (χ4v) is 3.30. The van der Waals surface area contributed by atoms with E-state index in [-0.39, 0.29) is 5.56 Å². The lowest BCUT2D eigenvalue weighted by Crippen LogP contribution is -2.27. The van der Waals surface area contributed by atoms with Crippen LogP contribution in [0.4, 0.5) is 0 Å². The van der Waals surface area contributed by atoms with Gasteiger partial charge in [0, 0.05) is 25.4 Å². The van der Waals surface area contributed by atoms with Gasteiger partial charge in [-0.2, -0.15) is 0 Å². The molecular formula is C16H24N4O. The summed E-state index contributed by atoms with van der Waals surface area (Å²) in [5, 5.41) is 8.23. The SMILES string of the molecule is CCCc1nnc2c(=O)n(C[C@H]3CC[C@@H](C)CC3)ccn12. The minimum Gasteiger partial charge on any atom is -0.311 e. The Balaban J connectivity index is 1.83. The van der Waals surface area contributed by atoms with Gasteiger partial charge >= 0.3 is 0 Å². The fourth-order valence-electron chi connectivity index (χ4n) is 3.30. The van der Waals surface area contributed by atoms with Gasteiger partial charge in [0.25, 0.3) is 5.56 Å². The maximum Gasteiger partial charge on any atom is 0.296 e. The number of hydrogen-bond donors (Lipinski definition) is 0. The Morgan fingerprint density at radius 3 is 2.67 bits per heavy atom. The summed E-state index contributed by atoms with van der Waals surface area (Å²) in [5.74, 6) is 2.34. The van der Waals surface area contributed by atoms with Gasteiger partial charge in [-0.1, -0.05) is 26.7 Å². The van der Waals surface area contributed by atoms with E-state index in [2.05, 4.69) is 24.0 Å². The van der Waals surface area contributed by atoms with Crippen LogP contribution in [0.5, 0.6) is 0 Å². The number of nitrogens with zero attached hydrogens (tertiary/aromatic N) is 4. The first kappa shape index (κ1) is 14.3. The lowest BCUT2D eigenvalue weighted by atomic mass is 9.83. The van der Waals surface area contributed by atoms with Crippen LogP contribution < -0.4 is 5.56 Å². The smallest absolute Gasteiger partial charge is 0.296 e. The first-order chi connectivity index (χ1) is 10.2. The molecule has 3 rings (SSSR count). The van der Waals surface area contributed by atoms with Crippen molar-refractivity contribution in [2.75, 3.05) is 0 Å². The second-order valence-electron chi connectivity index (χ2n) is 6.44. The first-order valence-corrected chi connectivity index (χ1v) is 8.12. The van der Waals surface area contributed by atoms with E-state index in [0.717, 1.165) is 31.1 Å². The summed E-state index contributed by atoms with van der Waals surface area (Å²) in [6, 6.07) is 0. The number of rotatable bonds is 4. The molecule has 1 aliphatic carbocycles. The highest BCUT2D eigenvalue weighted by Gasteiger charge is 2.19.